The van der Waals surface area contributed by atoms with Gasteiger partial charge in [0.25, 0.3) is 0 Å². The maximum absolute atomic E-state index is 11.9. The molecule has 20 heavy (non-hydrogen) atoms. The first-order valence-corrected chi connectivity index (χ1v) is 6.18. The molecule has 0 fully saturated rings. The van der Waals surface area contributed by atoms with Gasteiger partial charge in [0.2, 0.25) is 5.91 Å². The zero-order valence-corrected chi connectivity index (χ0v) is 11.5. The topological polar surface area (TPSA) is 82.4 Å². The number of para-hydroxylation sites is 1. The van der Waals surface area contributed by atoms with Crippen molar-refractivity contribution in [3.05, 3.63) is 29.8 Å². The van der Waals surface area contributed by atoms with Gasteiger partial charge in [0.1, 0.15) is 6.07 Å². The first kappa shape index (κ1) is 15.7. The number of anilines is 1. The third-order valence-electron chi connectivity index (χ3n) is 2.72. The molecule has 6 heteroatoms. The normalized spacial score (nSPS) is 9.90. The molecule has 0 aromatic heterocycles. The minimum absolute atomic E-state index is 0.0559. The van der Waals surface area contributed by atoms with Crippen LogP contribution in [-0.4, -0.2) is 43.5 Å². The molecule has 0 heterocycles. The molecule has 1 aromatic rings. The molecule has 0 saturated carbocycles. The highest BCUT2D eigenvalue weighted by atomic mass is 16.5. The van der Waals surface area contributed by atoms with E-state index in [1.165, 1.54) is 7.11 Å². The second-order valence-electron chi connectivity index (χ2n) is 4.08. The van der Waals surface area contributed by atoms with Gasteiger partial charge < -0.3 is 10.1 Å². The first-order chi connectivity index (χ1) is 9.60. The summed E-state index contributed by atoms with van der Waals surface area (Å²) in [5.74, 6) is -0.671. The van der Waals surface area contributed by atoms with Gasteiger partial charge in [-0.25, -0.2) is 0 Å². The summed E-state index contributed by atoms with van der Waals surface area (Å²) in [5.41, 5.74) is 0.867. The predicted molar refractivity (Wildman–Crippen MR) is 73.9 cm³/mol. The van der Waals surface area contributed by atoms with Crippen LogP contribution in [0.25, 0.3) is 0 Å². The Morgan fingerprint density at radius 2 is 2.05 bits per heavy atom. The Kier molecular flexibility index (Phi) is 6.20. The van der Waals surface area contributed by atoms with Crippen LogP contribution in [0.4, 0.5) is 5.69 Å². The quantitative estimate of drug-likeness (QED) is 0.783. The molecule has 0 saturated heterocycles. The van der Waals surface area contributed by atoms with Crippen LogP contribution in [-0.2, 0) is 14.3 Å². The molecule has 0 atom stereocenters. The van der Waals surface area contributed by atoms with Crippen molar-refractivity contribution in [1.29, 1.82) is 5.26 Å². The smallest absolute Gasteiger partial charge is 0.319 e. The standard InChI is InChI=1S/C14H17N3O3/c1-3-17(10-14(19)20-2)9-13(18)16-12-7-5-4-6-11(12)8-15/h4-7H,3,9-10H2,1-2H3,(H,16,18). The third-order valence-corrected chi connectivity index (χ3v) is 2.72. The Balaban J connectivity index is 2.62. The second-order valence-corrected chi connectivity index (χ2v) is 4.08. The van der Waals surface area contributed by atoms with Crippen molar-refractivity contribution in [1.82, 2.24) is 4.90 Å². The van der Waals surface area contributed by atoms with Crippen LogP contribution in [0.2, 0.25) is 0 Å². The van der Waals surface area contributed by atoms with Crippen molar-refractivity contribution in [3.63, 3.8) is 0 Å². The maximum Gasteiger partial charge on any atom is 0.319 e. The highest BCUT2D eigenvalue weighted by molar-refractivity contribution is 5.93. The molecule has 1 aromatic carbocycles. The number of hydrogen-bond donors (Lipinski definition) is 1. The number of nitrogens with zero attached hydrogens (tertiary/aromatic N) is 2. The summed E-state index contributed by atoms with van der Waals surface area (Å²) < 4.78 is 4.56. The monoisotopic (exact) mass is 275 g/mol. The largest absolute Gasteiger partial charge is 0.468 e. The van der Waals surface area contributed by atoms with Crippen molar-refractivity contribution in [2.75, 3.05) is 32.1 Å². The lowest BCUT2D eigenvalue weighted by Crippen LogP contribution is -2.37. The number of methoxy groups -OCH3 is 1. The van der Waals surface area contributed by atoms with Crippen LogP contribution in [0.3, 0.4) is 0 Å². The molecule has 1 rings (SSSR count). The maximum atomic E-state index is 11.9. The summed E-state index contributed by atoms with van der Waals surface area (Å²) in [6, 6.07) is 8.76. The molecular formula is C14H17N3O3. The van der Waals surface area contributed by atoms with E-state index >= 15 is 0 Å². The minimum atomic E-state index is -0.392. The van der Waals surface area contributed by atoms with Crippen molar-refractivity contribution < 1.29 is 14.3 Å². The number of nitriles is 1. The van der Waals surface area contributed by atoms with Gasteiger partial charge in [-0.05, 0) is 18.7 Å². The van der Waals surface area contributed by atoms with Gasteiger partial charge in [0.15, 0.2) is 0 Å². The number of benzene rings is 1. The first-order valence-electron chi connectivity index (χ1n) is 6.18. The lowest BCUT2D eigenvalue weighted by atomic mass is 10.2. The Hall–Kier alpha value is -2.39. The van der Waals surface area contributed by atoms with Gasteiger partial charge in [-0.15, -0.1) is 0 Å². The van der Waals surface area contributed by atoms with Crippen molar-refractivity contribution in [2.45, 2.75) is 6.92 Å². The fraction of sp³-hybridized carbons (Fsp3) is 0.357. The van der Waals surface area contributed by atoms with Crippen LogP contribution in [0, 0.1) is 11.3 Å². The van der Waals surface area contributed by atoms with E-state index in [1.807, 2.05) is 13.0 Å². The van der Waals surface area contributed by atoms with E-state index in [1.54, 1.807) is 29.2 Å². The summed E-state index contributed by atoms with van der Waals surface area (Å²) in [6.07, 6.45) is 0. The Morgan fingerprint density at radius 3 is 2.65 bits per heavy atom. The Morgan fingerprint density at radius 1 is 1.35 bits per heavy atom. The van der Waals surface area contributed by atoms with Crippen LogP contribution in [0.15, 0.2) is 24.3 Å². The number of likely N-dealkylation sites (N-methyl/N-ethyl adjacent to an activating group) is 1. The van der Waals surface area contributed by atoms with Crippen molar-refractivity contribution >= 4 is 17.6 Å². The average Bonchev–Trinajstić information content (AvgIpc) is 2.46. The summed E-state index contributed by atoms with van der Waals surface area (Å²) in [6.45, 7) is 2.51. The van der Waals surface area contributed by atoms with Gasteiger partial charge in [-0.3, -0.25) is 14.5 Å². The number of amides is 1. The summed E-state index contributed by atoms with van der Waals surface area (Å²) >= 11 is 0. The van der Waals surface area contributed by atoms with E-state index in [0.29, 0.717) is 17.8 Å². The molecular weight excluding hydrogens is 258 g/mol. The minimum Gasteiger partial charge on any atom is -0.468 e. The molecule has 0 unspecified atom stereocenters. The van der Waals surface area contributed by atoms with Gasteiger partial charge >= 0.3 is 5.97 Å². The van der Waals surface area contributed by atoms with E-state index in [4.69, 9.17) is 5.26 Å². The number of rotatable bonds is 6. The summed E-state index contributed by atoms with van der Waals surface area (Å²) in [4.78, 5) is 24.7. The lowest BCUT2D eigenvalue weighted by molar-refractivity contribution is -0.142. The third kappa shape index (κ3) is 4.71. The zero-order valence-electron chi connectivity index (χ0n) is 11.5. The second kappa shape index (κ2) is 7.92. The molecule has 1 N–H and O–H groups in total. The van der Waals surface area contributed by atoms with Gasteiger partial charge in [0.05, 0.1) is 31.5 Å². The fourth-order valence-electron chi connectivity index (χ4n) is 1.61. The Bertz CT molecular complexity index is 523. The number of ether oxygens (including phenoxy) is 1. The molecule has 0 aliphatic carbocycles. The molecule has 6 nitrogen and oxygen atoms in total. The van der Waals surface area contributed by atoms with Crippen molar-refractivity contribution in [3.8, 4) is 6.07 Å². The molecule has 106 valence electrons. The van der Waals surface area contributed by atoms with E-state index in [-0.39, 0.29) is 19.0 Å². The summed E-state index contributed by atoms with van der Waals surface area (Å²) in [5, 5.41) is 11.6. The number of esters is 1. The highest BCUT2D eigenvalue weighted by Crippen LogP contribution is 2.13. The number of hydrogen-bond acceptors (Lipinski definition) is 5. The van der Waals surface area contributed by atoms with Crippen LogP contribution >= 0.6 is 0 Å². The number of nitrogens with one attached hydrogen (secondary N) is 1. The molecule has 0 spiro atoms. The zero-order chi connectivity index (χ0) is 15.0. The molecule has 0 aliphatic rings. The van der Waals surface area contributed by atoms with Crippen LogP contribution in [0.5, 0.6) is 0 Å². The highest BCUT2D eigenvalue weighted by Gasteiger charge is 2.14. The van der Waals surface area contributed by atoms with E-state index < -0.39 is 5.97 Å². The van der Waals surface area contributed by atoms with Crippen molar-refractivity contribution in [2.24, 2.45) is 0 Å². The Labute approximate surface area is 117 Å². The van der Waals surface area contributed by atoms with Gasteiger partial charge in [-0.1, -0.05) is 19.1 Å². The number of carbonyl (C=O) groups excluding carboxylic acids is 2. The average molecular weight is 275 g/mol. The number of carbonyl (C=O) groups is 2. The van der Waals surface area contributed by atoms with E-state index in [9.17, 15) is 9.59 Å². The lowest BCUT2D eigenvalue weighted by Gasteiger charge is -2.18. The van der Waals surface area contributed by atoms with Crippen LogP contribution in [0.1, 0.15) is 12.5 Å². The fourth-order valence-corrected chi connectivity index (χ4v) is 1.61. The SMILES string of the molecule is CCN(CC(=O)Nc1ccccc1C#N)CC(=O)OC. The van der Waals surface area contributed by atoms with Gasteiger partial charge in [-0.2, -0.15) is 5.26 Å². The molecule has 1 amide bonds. The molecule has 0 radical (unpaired) electrons. The predicted octanol–water partition coefficient (Wildman–Crippen LogP) is 0.992. The van der Waals surface area contributed by atoms with E-state index in [2.05, 4.69) is 10.1 Å². The van der Waals surface area contributed by atoms with Gasteiger partial charge in [0, 0.05) is 0 Å². The summed E-state index contributed by atoms with van der Waals surface area (Å²) in [7, 11) is 1.30. The molecule has 0 bridgehead atoms. The van der Waals surface area contributed by atoms with Crippen LogP contribution < -0.4 is 5.32 Å². The molecule has 0 aliphatic heterocycles. The van der Waals surface area contributed by atoms with E-state index in [0.717, 1.165) is 0 Å².